The fourth-order valence-electron chi connectivity index (χ4n) is 2.99. The Morgan fingerprint density at radius 2 is 1.77 bits per heavy atom. The van der Waals surface area contributed by atoms with Gasteiger partial charge in [-0.1, -0.05) is 12.1 Å². The highest BCUT2D eigenvalue weighted by molar-refractivity contribution is 5.97. The van der Waals surface area contributed by atoms with Crippen LogP contribution in [-0.4, -0.2) is 54.4 Å². The molecule has 1 aromatic carbocycles. The van der Waals surface area contributed by atoms with E-state index in [1.165, 1.54) is 6.26 Å². The Morgan fingerprint density at radius 1 is 1.12 bits per heavy atom. The van der Waals surface area contributed by atoms with Crippen molar-refractivity contribution in [3.05, 3.63) is 53.5 Å². The molecule has 138 valence electrons. The summed E-state index contributed by atoms with van der Waals surface area (Å²) in [6, 6.07) is 8.90. The van der Waals surface area contributed by atoms with E-state index >= 15 is 0 Å². The molecule has 0 saturated carbocycles. The third kappa shape index (κ3) is 3.72. The number of rotatable bonds is 5. The SMILES string of the molecule is CCOc1ccccc1C(=O)N1CCN(C(=O)c2coc(CN)c2)CC1. The maximum absolute atomic E-state index is 12.8. The highest BCUT2D eigenvalue weighted by Gasteiger charge is 2.27. The Bertz CT molecular complexity index is 779. The van der Waals surface area contributed by atoms with Crippen LogP contribution in [0.25, 0.3) is 0 Å². The fraction of sp³-hybridized carbons (Fsp3) is 0.368. The largest absolute Gasteiger partial charge is 0.493 e. The minimum Gasteiger partial charge on any atom is -0.493 e. The quantitative estimate of drug-likeness (QED) is 0.880. The van der Waals surface area contributed by atoms with Crippen molar-refractivity contribution < 1.29 is 18.7 Å². The Morgan fingerprint density at radius 3 is 2.38 bits per heavy atom. The summed E-state index contributed by atoms with van der Waals surface area (Å²) in [5.74, 6) is 0.992. The molecule has 0 bridgehead atoms. The van der Waals surface area contributed by atoms with Crippen molar-refractivity contribution in [2.75, 3.05) is 32.8 Å². The summed E-state index contributed by atoms with van der Waals surface area (Å²) in [7, 11) is 0. The molecule has 0 atom stereocenters. The van der Waals surface area contributed by atoms with E-state index < -0.39 is 0 Å². The minimum absolute atomic E-state index is 0.0742. The summed E-state index contributed by atoms with van der Waals surface area (Å²) < 4.78 is 10.8. The molecule has 7 heteroatoms. The van der Waals surface area contributed by atoms with Gasteiger partial charge in [0.05, 0.1) is 24.3 Å². The lowest BCUT2D eigenvalue weighted by Crippen LogP contribution is -2.50. The molecule has 2 amide bonds. The second-order valence-corrected chi connectivity index (χ2v) is 6.02. The third-order valence-corrected chi connectivity index (χ3v) is 4.37. The van der Waals surface area contributed by atoms with E-state index in [0.717, 1.165) is 0 Å². The molecule has 26 heavy (non-hydrogen) atoms. The molecule has 1 aliphatic heterocycles. The number of piperazine rings is 1. The van der Waals surface area contributed by atoms with Gasteiger partial charge in [-0.25, -0.2) is 0 Å². The van der Waals surface area contributed by atoms with E-state index in [4.69, 9.17) is 14.9 Å². The highest BCUT2D eigenvalue weighted by Crippen LogP contribution is 2.21. The lowest BCUT2D eigenvalue weighted by molar-refractivity contribution is 0.0532. The van der Waals surface area contributed by atoms with Crippen LogP contribution in [0.15, 0.2) is 41.0 Å². The van der Waals surface area contributed by atoms with Gasteiger partial charge in [-0.2, -0.15) is 0 Å². The van der Waals surface area contributed by atoms with Crippen LogP contribution in [-0.2, 0) is 6.54 Å². The maximum Gasteiger partial charge on any atom is 0.257 e. The van der Waals surface area contributed by atoms with E-state index in [0.29, 0.717) is 55.4 Å². The summed E-state index contributed by atoms with van der Waals surface area (Å²) in [4.78, 5) is 28.8. The van der Waals surface area contributed by atoms with Crippen LogP contribution in [0, 0.1) is 0 Å². The van der Waals surface area contributed by atoms with Gasteiger partial charge in [0.1, 0.15) is 17.8 Å². The lowest BCUT2D eigenvalue weighted by atomic mass is 10.1. The molecule has 1 saturated heterocycles. The first-order valence-corrected chi connectivity index (χ1v) is 8.72. The zero-order chi connectivity index (χ0) is 18.5. The smallest absolute Gasteiger partial charge is 0.257 e. The van der Waals surface area contributed by atoms with Crippen molar-refractivity contribution in [1.82, 2.24) is 9.80 Å². The van der Waals surface area contributed by atoms with Gasteiger partial charge >= 0.3 is 0 Å². The molecular formula is C19H23N3O4. The summed E-state index contributed by atoms with van der Waals surface area (Å²) in [5, 5.41) is 0. The first kappa shape index (κ1) is 18.0. The summed E-state index contributed by atoms with van der Waals surface area (Å²) in [5.41, 5.74) is 6.55. The molecule has 1 fully saturated rings. The van der Waals surface area contributed by atoms with Gasteiger partial charge in [-0.15, -0.1) is 0 Å². The molecule has 2 N–H and O–H groups in total. The van der Waals surface area contributed by atoms with Gasteiger partial charge in [0.2, 0.25) is 0 Å². The van der Waals surface area contributed by atoms with E-state index in [1.807, 2.05) is 19.1 Å². The summed E-state index contributed by atoms with van der Waals surface area (Å²) in [6.07, 6.45) is 1.43. The van der Waals surface area contributed by atoms with Crippen LogP contribution in [0.2, 0.25) is 0 Å². The van der Waals surface area contributed by atoms with Crippen LogP contribution < -0.4 is 10.5 Å². The molecule has 2 aromatic rings. The monoisotopic (exact) mass is 357 g/mol. The van der Waals surface area contributed by atoms with Gasteiger partial charge in [0, 0.05) is 26.2 Å². The topological polar surface area (TPSA) is 89.0 Å². The number of para-hydroxylation sites is 1. The van der Waals surface area contributed by atoms with Crippen molar-refractivity contribution in [2.24, 2.45) is 5.73 Å². The second kappa shape index (κ2) is 8.05. The van der Waals surface area contributed by atoms with E-state index in [-0.39, 0.29) is 18.4 Å². The molecule has 7 nitrogen and oxygen atoms in total. The predicted octanol–water partition coefficient (Wildman–Crippen LogP) is 1.74. The molecule has 1 aromatic heterocycles. The number of carbonyl (C=O) groups excluding carboxylic acids is 2. The number of carbonyl (C=O) groups is 2. The first-order chi connectivity index (χ1) is 12.6. The third-order valence-electron chi connectivity index (χ3n) is 4.37. The Kier molecular flexibility index (Phi) is 5.58. The Labute approximate surface area is 152 Å². The molecule has 1 aliphatic rings. The van der Waals surface area contributed by atoms with Gasteiger partial charge in [-0.05, 0) is 25.1 Å². The van der Waals surface area contributed by atoms with Gasteiger partial charge < -0.3 is 24.7 Å². The molecule has 3 rings (SSSR count). The van der Waals surface area contributed by atoms with E-state index in [9.17, 15) is 9.59 Å². The average Bonchev–Trinajstić information content (AvgIpc) is 3.17. The number of ether oxygens (including phenoxy) is 1. The molecule has 2 heterocycles. The number of hydrogen-bond acceptors (Lipinski definition) is 5. The number of furan rings is 1. The number of nitrogens with zero attached hydrogens (tertiary/aromatic N) is 2. The zero-order valence-electron chi connectivity index (χ0n) is 14.8. The van der Waals surface area contributed by atoms with Crippen molar-refractivity contribution in [2.45, 2.75) is 13.5 Å². The van der Waals surface area contributed by atoms with Crippen LogP contribution in [0.5, 0.6) is 5.75 Å². The Balaban J connectivity index is 1.63. The van der Waals surface area contributed by atoms with Gasteiger partial charge in [0.15, 0.2) is 0 Å². The van der Waals surface area contributed by atoms with Crippen molar-refractivity contribution in [3.63, 3.8) is 0 Å². The molecule has 0 spiro atoms. The number of benzene rings is 1. The normalized spacial score (nSPS) is 14.4. The van der Waals surface area contributed by atoms with Crippen molar-refractivity contribution in [3.8, 4) is 5.75 Å². The van der Waals surface area contributed by atoms with Gasteiger partial charge in [0.25, 0.3) is 11.8 Å². The highest BCUT2D eigenvalue weighted by atomic mass is 16.5. The number of nitrogens with two attached hydrogens (primary N) is 1. The first-order valence-electron chi connectivity index (χ1n) is 8.72. The van der Waals surface area contributed by atoms with E-state index in [2.05, 4.69) is 0 Å². The van der Waals surface area contributed by atoms with Crippen LogP contribution in [0.3, 0.4) is 0 Å². The van der Waals surface area contributed by atoms with Gasteiger partial charge in [-0.3, -0.25) is 9.59 Å². The lowest BCUT2D eigenvalue weighted by Gasteiger charge is -2.34. The van der Waals surface area contributed by atoms with Crippen molar-refractivity contribution >= 4 is 11.8 Å². The number of hydrogen-bond donors (Lipinski definition) is 1. The zero-order valence-corrected chi connectivity index (χ0v) is 14.8. The van der Waals surface area contributed by atoms with E-state index in [1.54, 1.807) is 28.0 Å². The van der Waals surface area contributed by atoms with Crippen LogP contribution in [0.4, 0.5) is 0 Å². The Hall–Kier alpha value is -2.80. The average molecular weight is 357 g/mol. The summed E-state index contributed by atoms with van der Waals surface area (Å²) in [6.45, 7) is 4.56. The molecular weight excluding hydrogens is 334 g/mol. The molecule has 0 aliphatic carbocycles. The van der Waals surface area contributed by atoms with Crippen LogP contribution in [0.1, 0.15) is 33.4 Å². The fourth-order valence-corrected chi connectivity index (χ4v) is 2.99. The number of amides is 2. The maximum atomic E-state index is 12.8. The summed E-state index contributed by atoms with van der Waals surface area (Å²) >= 11 is 0. The van der Waals surface area contributed by atoms with Crippen LogP contribution >= 0.6 is 0 Å². The predicted molar refractivity (Wildman–Crippen MR) is 96.0 cm³/mol. The standard InChI is InChI=1S/C19H23N3O4/c1-2-25-17-6-4-3-5-16(17)19(24)22-9-7-21(8-10-22)18(23)14-11-15(12-20)26-13-14/h3-6,11,13H,2,7-10,12,20H2,1H3. The molecule has 0 unspecified atom stereocenters. The second-order valence-electron chi connectivity index (χ2n) is 6.02. The molecule has 0 radical (unpaired) electrons. The van der Waals surface area contributed by atoms with Crippen molar-refractivity contribution in [1.29, 1.82) is 0 Å². The minimum atomic E-state index is -0.102.